The largest absolute Gasteiger partial charge is 0.481 e. The average Bonchev–Trinajstić information content (AvgIpc) is 2.34. The predicted molar refractivity (Wildman–Crippen MR) is 67.1 cm³/mol. The van der Waals surface area contributed by atoms with Crippen LogP contribution < -0.4 is 0 Å². The highest BCUT2D eigenvalue weighted by Gasteiger charge is 2.31. The molecular weight excluding hydrogens is 230 g/mol. The Kier molecular flexibility index (Phi) is 4.10. The lowest BCUT2D eigenvalue weighted by Gasteiger charge is -2.33. The van der Waals surface area contributed by atoms with E-state index in [0.717, 1.165) is 18.5 Å². The van der Waals surface area contributed by atoms with E-state index in [-0.39, 0.29) is 12.2 Å². The minimum atomic E-state index is -0.909. The number of aliphatic carboxylic acids is 1. The lowest BCUT2D eigenvalue weighted by molar-refractivity contribution is -0.142. The van der Waals surface area contributed by atoms with Crippen LogP contribution in [-0.2, 0) is 16.1 Å². The van der Waals surface area contributed by atoms with Crippen molar-refractivity contribution in [2.24, 2.45) is 0 Å². The maximum absolute atomic E-state index is 11.8. The van der Waals surface area contributed by atoms with E-state index < -0.39 is 12.0 Å². The molecule has 1 atom stereocenters. The van der Waals surface area contributed by atoms with E-state index in [0.29, 0.717) is 13.0 Å². The van der Waals surface area contributed by atoms with Crippen LogP contribution in [-0.4, -0.2) is 34.3 Å². The Morgan fingerprint density at radius 1 is 1.33 bits per heavy atom. The molecule has 0 spiro atoms. The smallest absolute Gasteiger partial charge is 0.305 e. The van der Waals surface area contributed by atoms with E-state index in [1.54, 1.807) is 0 Å². The average molecular weight is 247 g/mol. The van der Waals surface area contributed by atoms with Gasteiger partial charge in [0.15, 0.2) is 5.78 Å². The van der Waals surface area contributed by atoms with Crippen molar-refractivity contribution < 1.29 is 14.7 Å². The second-order valence-electron chi connectivity index (χ2n) is 4.64. The highest BCUT2D eigenvalue weighted by Crippen LogP contribution is 2.19. The molecule has 2 rings (SSSR count). The Labute approximate surface area is 106 Å². The van der Waals surface area contributed by atoms with Gasteiger partial charge in [0.2, 0.25) is 0 Å². The van der Waals surface area contributed by atoms with Crippen LogP contribution in [0.25, 0.3) is 0 Å². The summed E-state index contributed by atoms with van der Waals surface area (Å²) in [4.78, 5) is 24.6. The van der Waals surface area contributed by atoms with E-state index in [4.69, 9.17) is 5.11 Å². The third-order valence-corrected chi connectivity index (χ3v) is 3.28. The Morgan fingerprint density at radius 2 is 2.06 bits per heavy atom. The topological polar surface area (TPSA) is 57.6 Å². The SMILES string of the molecule is O=C(O)CC1C(=O)CCCN1Cc1ccccc1. The van der Waals surface area contributed by atoms with Gasteiger partial charge in [0.25, 0.3) is 0 Å². The fourth-order valence-corrected chi connectivity index (χ4v) is 2.40. The van der Waals surface area contributed by atoms with Crippen molar-refractivity contribution in [2.75, 3.05) is 6.54 Å². The summed E-state index contributed by atoms with van der Waals surface area (Å²) in [6.07, 6.45) is 1.23. The zero-order valence-electron chi connectivity index (χ0n) is 10.2. The second kappa shape index (κ2) is 5.78. The molecule has 0 bridgehead atoms. The monoisotopic (exact) mass is 247 g/mol. The molecule has 18 heavy (non-hydrogen) atoms. The fraction of sp³-hybridized carbons (Fsp3) is 0.429. The first kappa shape index (κ1) is 12.8. The van der Waals surface area contributed by atoms with Crippen LogP contribution in [0.3, 0.4) is 0 Å². The number of carbonyl (C=O) groups is 2. The lowest BCUT2D eigenvalue weighted by Crippen LogP contribution is -2.46. The highest BCUT2D eigenvalue weighted by atomic mass is 16.4. The summed E-state index contributed by atoms with van der Waals surface area (Å²) in [6.45, 7) is 1.43. The van der Waals surface area contributed by atoms with E-state index in [2.05, 4.69) is 0 Å². The number of carbonyl (C=O) groups excluding carboxylic acids is 1. The van der Waals surface area contributed by atoms with Gasteiger partial charge in [-0.1, -0.05) is 30.3 Å². The van der Waals surface area contributed by atoms with Gasteiger partial charge in [-0.2, -0.15) is 0 Å². The van der Waals surface area contributed by atoms with Crippen LogP contribution in [0.2, 0.25) is 0 Å². The van der Waals surface area contributed by atoms with Crippen LogP contribution in [0, 0.1) is 0 Å². The maximum Gasteiger partial charge on any atom is 0.305 e. The Morgan fingerprint density at radius 3 is 2.72 bits per heavy atom. The van der Waals surface area contributed by atoms with Crippen molar-refractivity contribution in [1.82, 2.24) is 4.90 Å². The predicted octanol–water partition coefficient (Wildman–Crippen LogP) is 1.69. The minimum Gasteiger partial charge on any atom is -0.481 e. The van der Waals surface area contributed by atoms with Crippen LogP contribution in [0.15, 0.2) is 30.3 Å². The maximum atomic E-state index is 11.8. The molecule has 4 heteroatoms. The van der Waals surface area contributed by atoms with Crippen molar-refractivity contribution >= 4 is 11.8 Å². The number of hydrogen-bond acceptors (Lipinski definition) is 3. The summed E-state index contributed by atoms with van der Waals surface area (Å²) in [5.41, 5.74) is 1.11. The standard InChI is InChI=1S/C14H17NO3/c16-13-7-4-8-15(12(13)9-14(17)18)10-11-5-2-1-3-6-11/h1-3,5-6,12H,4,7-10H2,(H,17,18). The molecule has 0 aliphatic carbocycles. The summed E-state index contributed by atoms with van der Waals surface area (Å²) < 4.78 is 0. The molecule has 96 valence electrons. The first-order valence-electron chi connectivity index (χ1n) is 6.19. The molecule has 1 heterocycles. The zero-order chi connectivity index (χ0) is 13.0. The van der Waals surface area contributed by atoms with Crippen molar-refractivity contribution in [3.05, 3.63) is 35.9 Å². The summed E-state index contributed by atoms with van der Waals surface area (Å²) >= 11 is 0. The Balaban J connectivity index is 2.08. The van der Waals surface area contributed by atoms with Crippen LogP contribution in [0.1, 0.15) is 24.8 Å². The third-order valence-electron chi connectivity index (χ3n) is 3.28. The quantitative estimate of drug-likeness (QED) is 0.879. The fourth-order valence-electron chi connectivity index (χ4n) is 2.40. The molecule has 0 radical (unpaired) electrons. The summed E-state index contributed by atoms with van der Waals surface area (Å²) in [5, 5.41) is 8.89. The molecule has 0 aromatic heterocycles. The molecule has 4 nitrogen and oxygen atoms in total. The summed E-state index contributed by atoms with van der Waals surface area (Å²) in [6, 6.07) is 9.38. The number of likely N-dealkylation sites (tertiary alicyclic amines) is 1. The zero-order valence-corrected chi connectivity index (χ0v) is 10.2. The number of hydrogen-bond donors (Lipinski definition) is 1. The molecular formula is C14H17NO3. The van der Waals surface area contributed by atoms with Gasteiger partial charge in [0.1, 0.15) is 0 Å². The van der Waals surface area contributed by atoms with Crippen LogP contribution >= 0.6 is 0 Å². The second-order valence-corrected chi connectivity index (χ2v) is 4.64. The Bertz CT molecular complexity index is 430. The molecule has 0 amide bonds. The molecule has 1 fully saturated rings. The van der Waals surface area contributed by atoms with Crippen LogP contribution in [0.4, 0.5) is 0 Å². The molecule has 1 saturated heterocycles. The minimum absolute atomic E-state index is 0.0552. The number of carboxylic acid groups (broad SMARTS) is 1. The number of piperidine rings is 1. The van der Waals surface area contributed by atoms with Gasteiger partial charge in [0.05, 0.1) is 12.5 Å². The van der Waals surface area contributed by atoms with Crippen molar-refractivity contribution in [2.45, 2.75) is 31.8 Å². The van der Waals surface area contributed by atoms with Crippen LogP contribution in [0.5, 0.6) is 0 Å². The van der Waals surface area contributed by atoms with E-state index in [1.165, 1.54) is 0 Å². The number of carboxylic acids is 1. The molecule has 1 unspecified atom stereocenters. The van der Waals surface area contributed by atoms with Crippen molar-refractivity contribution in [3.63, 3.8) is 0 Å². The normalized spacial score (nSPS) is 20.9. The van der Waals surface area contributed by atoms with E-state index in [1.807, 2.05) is 35.2 Å². The summed E-state index contributed by atoms with van der Waals surface area (Å²) in [7, 11) is 0. The third kappa shape index (κ3) is 3.17. The van der Waals surface area contributed by atoms with Gasteiger partial charge in [-0.3, -0.25) is 14.5 Å². The van der Waals surface area contributed by atoms with E-state index >= 15 is 0 Å². The molecule has 1 aliphatic heterocycles. The van der Waals surface area contributed by atoms with Gasteiger partial charge in [-0.15, -0.1) is 0 Å². The summed E-state index contributed by atoms with van der Waals surface area (Å²) in [5.74, 6) is -0.854. The highest BCUT2D eigenvalue weighted by molar-refractivity contribution is 5.88. The molecule has 0 saturated carbocycles. The van der Waals surface area contributed by atoms with Gasteiger partial charge in [-0.25, -0.2) is 0 Å². The molecule has 1 aromatic rings. The molecule has 1 aliphatic rings. The Hall–Kier alpha value is -1.68. The van der Waals surface area contributed by atoms with Gasteiger partial charge < -0.3 is 5.11 Å². The number of rotatable bonds is 4. The van der Waals surface area contributed by atoms with Gasteiger partial charge in [0, 0.05) is 13.0 Å². The number of benzene rings is 1. The van der Waals surface area contributed by atoms with E-state index in [9.17, 15) is 9.59 Å². The van der Waals surface area contributed by atoms with Gasteiger partial charge in [-0.05, 0) is 18.5 Å². The number of nitrogens with zero attached hydrogens (tertiary/aromatic N) is 1. The number of ketones is 1. The lowest BCUT2D eigenvalue weighted by atomic mass is 9.97. The first-order chi connectivity index (χ1) is 8.66. The van der Waals surface area contributed by atoms with Crippen molar-refractivity contribution in [1.29, 1.82) is 0 Å². The number of Topliss-reactive ketones (excluding diaryl/α,β-unsaturated/α-hetero) is 1. The first-order valence-corrected chi connectivity index (χ1v) is 6.19. The molecule has 1 aromatic carbocycles. The molecule has 1 N–H and O–H groups in total. The van der Waals surface area contributed by atoms with Gasteiger partial charge >= 0.3 is 5.97 Å². The van der Waals surface area contributed by atoms with Crippen molar-refractivity contribution in [3.8, 4) is 0 Å².